The molecule has 2 aromatic carbocycles. The number of halogens is 1. The lowest BCUT2D eigenvalue weighted by Crippen LogP contribution is -2.29. The molecule has 132 valence electrons. The normalized spacial score (nSPS) is 10.2. The maximum absolute atomic E-state index is 12.9. The van der Waals surface area contributed by atoms with E-state index in [2.05, 4.69) is 16.0 Å². The first-order chi connectivity index (χ1) is 12.0. The van der Waals surface area contributed by atoms with Crippen LogP contribution < -0.4 is 16.0 Å². The molecule has 0 fully saturated rings. The van der Waals surface area contributed by atoms with Gasteiger partial charge in [-0.15, -0.1) is 0 Å². The van der Waals surface area contributed by atoms with Crippen LogP contribution in [0, 0.1) is 12.7 Å². The lowest BCUT2D eigenvalue weighted by molar-refractivity contribution is 0.0944. The summed E-state index contributed by atoms with van der Waals surface area (Å²) < 4.78 is 12.9. The summed E-state index contributed by atoms with van der Waals surface area (Å²) in [4.78, 5) is 24.0. The van der Waals surface area contributed by atoms with E-state index in [0.717, 1.165) is 5.56 Å². The molecule has 6 nitrogen and oxygen atoms in total. The van der Waals surface area contributed by atoms with Crippen LogP contribution in [0.1, 0.15) is 21.5 Å². The standard InChI is InChI=1S/C18H20FN3O3/c1-12-15(17(24)20-9-10-23)3-2-4-16(12)22-18(25)21-11-13-5-7-14(19)8-6-13/h2-8,23H,9-11H2,1H3,(H,20,24)(H2,21,22,25). The van der Waals surface area contributed by atoms with Crippen molar-refractivity contribution in [2.45, 2.75) is 13.5 Å². The van der Waals surface area contributed by atoms with Gasteiger partial charge in [0.05, 0.1) is 6.61 Å². The fraction of sp³-hybridized carbons (Fsp3) is 0.222. The average Bonchev–Trinajstić information content (AvgIpc) is 2.61. The van der Waals surface area contributed by atoms with Gasteiger partial charge in [0.1, 0.15) is 5.82 Å². The number of carbonyl (C=O) groups is 2. The second-order valence-corrected chi connectivity index (χ2v) is 5.39. The lowest BCUT2D eigenvalue weighted by atomic mass is 10.1. The van der Waals surface area contributed by atoms with Gasteiger partial charge in [-0.2, -0.15) is 0 Å². The molecule has 0 spiro atoms. The van der Waals surface area contributed by atoms with Gasteiger partial charge in [-0.3, -0.25) is 4.79 Å². The molecule has 0 bridgehead atoms. The van der Waals surface area contributed by atoms with Crippen LogP contribution in [0.25, 0.3) is 0 Å². The van der Waals surface area contributed by atoms with E-state index in [1.165, 1.54) is 12.1 Å². The van der Waals surface area contributed by atoms with Crippen molar-refractivity contribution in [2.75, 3.05) is 18.5 Å². The van der Waals surface area contributed by atoms with Crippen LogP contribution in [-0.4, -0.2) is 30.2 Å². The predicted octanol–water partition coefficient (Wildman–Crippen LogP) is 2.18. The van der Waals surface area contributed by atoms with E-state index in [1.54, 1.807) is 37.3 Å². The van der Waals surface area contributed by atoms with Crippen molar-refractivity contribution in [1.29, 1.82) is 0 Å². The fourth-order valence-corrected chi connectivity index (χ4v) is 2.23. The molecule has 3 amide bonds. The third-order valence-electron chi connectivity index (χ3n) is 3.59. The Bertz CT molecular complexity index is 748. The molecule has 7 heteroatoms. The van der Waals surface area contributed by atoms with Crippen LogP contribution in [0.5, 0.6) is 0 Å². The van der Waals surface area contributed by atoms with Gasteiger partial charge in [0.2, 0.25) is 0 Å². The highest BCUT2D eigenvalue weighted by atomic mass is 19.1. The lowest BCUT2D eigenvalue weighted by Gasteiger charge is -2.13. The maximum Gasteiger partial charge on any atom is 0.319 e. The average molecular weight is 345 g/mol. The fourth-order valence-electron chi connectivity index (χ4n) is 2.23. The van der Waals surface area contributed by atoms with Gasteiger partial charge in [-0.05, 0) is 42.3 Å². The molecule has 0 atom stereocenters. The molecule has 4 N–H and O–H groups in total. The Labute approximate surface area is 145 Å². The molecule has 0 radical (unpaired) electrons. The summed E-state index contributed by atoms with van der Waals surface area (Å²) in [6.45, 7) is 1.99. The van der Waals surface area contributed by atoms with Gasteiger partial charge >= 0.3 is 6.03 Å². The summed E-state index contributed by atoms with van der Waals surface area (Å²) >= 11 is 0. The predicted molar refractivity (Wildman–Crippen MR) is 92.9 cm³/mol. The molecule has 0 aliphatic rings. The number of aliphatic hydroxyl groups excluding tert-OH is 1. The minimum Gasteiger partial charge on any atom is -0.395 e. The summed E-state index contributed by atoms with van der Waals surface area (Å²) in [6.07, 6.45) is 0. The van der Waals surface area contributed by atoms with E-state index in [1.807, 2.05) is 0 Å². The van der Waals surface area contributed by atoms with Crippen LogP contribution >= 0.6 is 0 Å². The van der Waals surface area contributed by atoms with Crippen molar-refractivity contribution >= 4 is 17.6 Å². The zero-order valence-corrected chi connectivity index (χ0v) is 13.8. The molecule has 0 saturated carbocycles. The molecule has 0 aliphatic heterocycles. The van der Waals surface area contributed by atoms with Gasteiger partial charge in [0, 0.05) is 24.3 Å². The molecule has 0 aliphatic carbocycles. The number of aliphatic hydroxyl groups is 1. The topological polar surface area (TPSA) is 90.5 Å². The van der Waals surface area contributed by atoms with Gasteiger partial charge in [0.25, 0.3) is 5.91 Å². The smallest absolute Gasteiger partial charge is 0.319 e. The highest BCUT2D eigenvalue weighted by Crippen LogP contribution is 2.19. The summed E-state index contributed by atoms with van der Waals surface area (Å²) in [5, 5.41) is 16.7. The van der Waals surface area contributed by atoms with E-state index in [-0.39, 0.29) is 31.4 Å². The molecule has 25 heavy (non-hydrogen) atoms. The molecule has 0 saturated heterocycles. The minimum atomic E-state index is -0.430. The number of amides is 3. The molecule has 2 aromatic rings. The largest absolute Gasteiger partial charge is 0.395 e. The maximum atomic E-state index is 12.9. The Kier molecular flexibility index (Phi) is 6.47. The SMILES string of the molecule is Cc1c(NC(=O)NCc2ccc(F)cc2)cccc1C(=O)NCCO. The highest BCUT2D eigenvalue weighted by Gasteiger charge is 2.12. The molecule has 0 heterocycles. The summed E-state index contributed by atoms with van der Waals surface area (Å²) in [5.41, 5.74) is 2.32. The zero-order valence-electron chi connectivity index (χ0n) is 13.8. The van der Waals surface area contributed by atoms with Crippen molar-refractivity contribution in [3.63, 3.8) is 0 Å². The molecule has 0 aromatic heterocycles. The van der Waals surface area contributed by atoms with Gasteiger partial charge in [0.15, 0.2) is 0 Å². The van der Waals surface area contributed by atoms with Crippen molar-refractivity contribution in [3.8, 4) is 0 Å². The second-order valence-electron chi connectivity index (χ2n) is 5.39. The first-order valence-electron chi connectivity index (χ1n) is 7.79. The Morgan fingerprint density at radius 3 is 2.48 bits per heavy atom. The summed E-state index contributed by atoms with van der Waals surface area (Å²) in [5.74, 6) is -0.651. The van der Waals surface area contributed by atoms with E-state index in [4.69, 9.17) is 5.11 Å². The summed E-state index contributed by atoms with van der Waals surface area (Å²) in [6, 6.07) is 10.4. The first-order valence-corrected chi connectivity index (χ1v) is 7.79. The number of hydrogen-bond donors (Lipinski definition) is 4. The number of urea groups is 1. The highest BCUT2D eigenvalue weighted by molar-refractivity contribution is 5.99. The third kappa shape index (κ3) is 5.29. The van der Waals surface area contributed by atoms with Crippen molar-refractivity contribution < 1.29 is 19.1 Å². The minimum absolute atomic E-state index is 0.144. The van der Waals surface area contributed by atoms with Crippen LogP contribution in [0.3, 0.4) is 0 Å². The van der Waals surface area contributed by atoms with Crippen LogP contribution in [0.15, 0.2) is 42.5 Å². The number of carbonyl (C=O) groups excluding carboxylic acids is 2. The van der Waals surface area contributed by atoms with Crippen LogP contribution in [-0.2, 0) is 6.54 Å². The number of anilines is 1. The van der Waals surface area contributed by atoms with Crippen molar-refractivity contribution in [2.24, 2.45) is 0 Å². The van der Waals surface area contributed by atoms with Crippen molar-refractivity contribution in [3.05, 3.63) is 65.0 Å². The van der Waals surface area contributed by atoms with Crippen LogP contribution in [0.4, 0.5) is 14.9 Å². The van der Waals surface area contributed by atoms with Gasteiger partial charge in [-0.25, -0.2) is 9.18 Å². The number of rotatable bonds is 6. The quantitative estimate of drug-likeness (QED) is 0.647. The monoisotopic (exact) mass is 345 g/mol. The van der Waals surface area contributed by atoms with Gasteiger partial charge < -0.3 is 21.1 Å². The molecule has 2 rings (SSSR count). The first kappa shape index (κ1) is 18.4. The van der Waals surface area contributed by atoms with E-state index >= 15 is 0 Å². The Balaban J connectivity index is 1.98. The Hall–Kier alpha value is -2.93. The van der Waals surface area contributed by atoms with E-state index in [0.29, 0.717) is 16.8 Å². The van der Waals surface area contributed by atoms with E-state index < -0.39 is 6.03 Å². The van der Waals surface area contributed by atoms with Crippen LogP contribution in [0.2, 0.25) is 0 Å². The number of hydrogen-bond acceptors (Lipinski definition) is 3. The third-order valence-corrected chi connectivity index (χ3v) is 3.59. The molecule has 0 unspecified atom stereocenters. The zero-order chi connectivity index (χ0) is 18.2. The number of nitrogens with one attached hydrogen (secondary N) is 3. The van der Waals surface area contributed by atoms with Gasteiger partial charge in [-0.1, -0.05) is 18.2 Å². The second kappa shape index (κ2) is 8.79. The molecular weight excluding hydrogens is 325 g/mol. The summed E-state index contributed by atoms with van der Waals surface area (Å²) in [7, 11) is 0. The Morgan fingerprint density at radius 1 is 1.08 bits per heavy atom. The van der Waals surface area contributed by atoms with Crippen molar-refractivity contribution in [1.82, 2.24) is 10.6 Å². The van der Waals surface area contributed by atoms with E-state index in [9.17, 15) is 14.0 Å². The number of benzene rings is 2. The molecular formula is C18H20FN3O3. The Morgan fingerprint density at radius 2 is 1.80 bits per heavy atom.